The highest BCUT2D eigenvalue weighted by molar-refractivity contribution is 6.34. The molecule has 29 heavy (non-hydrogen) atoms. The number of carbonyl (C=O) groups is 2. The quantitative estimate of drug-likeness (QED) is 0.773. The van der Waals surface area contributed by atoms with Crippen LogP contribution in [0.15, 0.2) is 36.4 Å². The van der Waals surface area contributed by atoms with E-state index in [-0.39, 0.29) is 16.5 Å². The highest BCUT2D eigenvalue weighted by atomic mass is 35.5. The molecule has 1 unspecified atom stereocenters. The number of halogens is 2. The lowest BCUT2D eigenvalue weighted by Crippen LogP contribution is -2.45. The molecule has 0 aromatic heterocycles. The summed E-state index contributed by atoms with van der Waals surface area (Å²) < 4.78 is 19.7. The fourth-order valence-electron chi connectivity index (χ4n) is 3.17. The molecule has 3 rings (SSSR count). The van der Waals surface area contributed by atoms with Crippen molar-refractivity contribution in [2.24, 2.45) is 0 Å². The van der Waals surface area contributed by atoms with Crippen LogP contribution in [0.25, 0.3) is 0 Å². The maximum absolute atomic E-state index is 14.0. The van der Waals surface area contributed by atoms with E-state index in [4.69, 9.17) is 16.3 Å². The van der Waals surface area contributed by atoms with Crippen molar-refractivity contribution >= 4 is 34.8 Å². The summed E-state index contributed by atoms with van der Waals surface area (Å²) in [6.45, 7) is 3.06. The minimum atomic E-state index is -0.703. The van der Waals surface area contributed by atoms with E-state index < -0.39 is 17.8 Å². The Balaban J connectivity index is 1.85. The van der Waals surface area contributed by atoms with Crippen LogP contribution in [0.3, 0.4) is 0 Å². The first-order valence-corrected chi connectivity index (χ1v) is 9.68. The normalized spacial score (nSPS) is 15.9. The summed E-state index contributed by atoms with van der Waals surface area (Å²) in [6, 6.07) is 9.05. The lowest BCUT2D eigenvalue weighted by atomic mass is 10.1. The van der Waals surface area contributed by atoms with Crippen LogP contribution in [0.2, 0.25) is 5.02 Å². The topological polar surface area (TPSA) is 61.9 Å². The Hall–Kier alpha value is -2.64. The molecule has 2 aromatic rings. The van der Waals surface area contributed by atoms with Crippen LogP contribution in [0.5, 0.6) is 5.75 Å². The summed E-state index contributed by atoms with van der Waals surface area (Å²) in [7, 11) is 3.94. The first-order chi connectivity index (χ1) is 13.8. The van der Waals surface area contributed by atoms with E-state index in [1.807, 2.05) is 19.0 Å². The number of benzene rings is 2. The van der Waals surface area contributed by atoms with Crippen LogP contribution in [-0.4, -0.2) is 50.0 Å². The Bertz CT molecular complexity index is 915. The molecule has 2 amide bonds. The summed E-state index contributed by atoms with van der Waals surface area (Å²) in [4.78, 5) is 28.9. The van der Waals surface area contributed by atoms with E-state index in [1.165, 1.54) is 18.2 Å². The minimum absolute atomic E-state index is 0.0260. The van der Waals surface area contributed by atoms with Crippen LogP contribution in [0.4, 0.5) is 15.8 Å². The third-order valence-corrected chi connectivity index (χ3v) is 4.92. The van der Waals surface area contributed by atoms with E-state index >= 15 is 0 Å². The van der Waals surface area contributed by atoms with E-state index in [0.717, 1.165) is 13.0 Å². The van der Waals surface area contributed by atoms with E-state index in [9.17, 15) is 14.0 Å². The molecule has 2 aromatic carbocycles. The number of nitrogens with one attached hydrogen (secondary N) is 1. The van der Waals surface area contributed by atoms with Crippen molar-refractivity contribution in [3.63, 3.8) is 0 Å². The van der Waals surface area contributed by atoms with Gasteiger partial charge in [-0.15, -0.1) is 0 Å². The molecular formula is C21H23ClFN3O3. The van der Waals surface area contributed by atoms with Gasteiger partial charge < -0.3 is 19.9 Å². The standard InChI is InChI=1S/C21H23ClFN3O3/c1-13-21(28)26(11-5-10-25(2)3)17-12-14(8-9-18(17)29-13)24-20(27)19-15(22)6-4-7-16(19)23/h4,6-9,12-13H,5,10-11H2,1-3H3,(H,24,27). The van der Waals surface area contributed by atoms with Gasteiger partial charge in [0.05, 0.1) is 16.3 Å². The lowest BCUT2D eigenvalue weighted by Gasteiger charge is -2.33. The van der Waals surface area contributed by atoms with Gasteiger partial charge in [0.25, 0.3) is 11.8 Å². The Morgan fingerprint density at radius 3 is 2.76 bits per heavy atom. The fourth-order valence-corrected chi connectivity index (χ4v) is 3.42. The summed E-state index contributed by atoms with van der Waals surface area (Å²) in [5.41, 5.74) is 0.761. The van der Waals surface area contributed by atoms with Gasteiger partial charge in [0.2, 0.25) is 0 Å². The number of rotatable bonds is 6. The molecule has 0 bridgehead atoms. The summed E-state index contributed by atoms with van der Waals surface area (Å²) >= 11 is 5.97. The third kappa shape index (κ3) is 4.68. The Labute approximate surface area is 174 Å². The molecule has 0 saturated heterocycles. The molecule has 1 heterocycles. The second-order valence-electron chi connectivity index (χ2n) is 7.14. The molecule has 1 aliphatic heterocycles. The van der Waals surface area contributed by atoms with Crippen LogP contribution in [-0.2, 0) is 4.79 Å². The summed E-state index contributed by atoms with van der Waals surface area (Å²) in [5, 5.41) is 2.67. The highest BCUT2D eigenvalue weighted by Crippen LogP contribution is 2.36. The molecule has 8 heteroatoms. The number of amides is 2. The van der Waals surface area contributed by atoms with Crippen molar-refractivity contribution in [2.45, 2.75) is 19.4 Å². The number of fused-ring (bicyclic) bond motifs is 1. The van der Waals surface area contributed by atoms with Crippen LogP contribution >= 0.6 is 11.6 Å². The number of ether oxygens (including phenoxy) is 1. The molecule has 1 N–H and O–H groups in total. The number of hydrogen-bond acceptors (Lipinski definition) is 4. The van der Waals surface area contributed by atoms with Gasteiger partial charge >= 0.3 is 0 Å². The van der Waals surface area contributed by atoms with Crippen molar-refractivity contribution in [2.75, 3.05) is 37.4 Å². The zero-order chi connectivity index (χ0) is 21.1. The molecule has 6 nitrogen and oxygen atoms in total. The largest absolute Gasteiger partial charge is 0.479 e. The van der Waals surface area contributed by atoms with Gasteiger partial charge in [-0.2, -0.15) is 0 Å². The Morgan fingerprint density at radius 2 is 2.07 bits per heavy atom. The molecule has 0 aliphatic carbocycles. The average Bonchev–Trinajstić information content (AvgIpc) is 2.65. The molecule has 0 saturated carbocycles. The first-order valence-electron chi connectivity index (χ1n) is 9.30. The second kappa shape index (κ2) is 8.80. The van der Waals surface area contributed by atoms with Gasteiger partial charge in [-0.1, -0.05) is 17.7 Å². The predicted octanol–water partition coefficient (Wildman–Crippen LogP) is 3.80. The van der Waals surface area contributed by atoms with Crippen molar-refractivity contribution in [1.29, 1.82) is 0 Å². The van der Waals surface area contributed by atoms with E-state index in [2.05, 4.69) is 5.32 Å². The fraction of sp³-hybridized carbons (Fsp3) is 0.333. The van der Waals surface area contributed by atoms with Gasteiger partial charge in [-0.05, 0) is 64.3 Å². The Morgan fingerprint density at radius 1 is 1.31 bits per heavy atom. The van der Waals surface area contributed by atoms with Crippen LogP contribution in [0, 0.1) is 5.82 Å². The maximum atomic E-state index is 14.0. The molecule has 0 spiro atoms. The van der Waals surface area contributed by atoms with Gasteiger partial charge in [0.15, 0.2) is 6.10 Å². The second-order valence-corrected chi connectivity index (χ2v) is 7.55. The Kier molecular flexibility index (Phi) is 6.39. The van der Waals surface area contributed by atoms with Crippen molar-refractivity contribution in [1.82, 2.24) is 4.90 Å². The molecule has 0 radical (unpaired) electrons. The maximum Gasteiger partial charge on any atom is 0.267 e. The van der Waals surface area contributed by atoms with Crippen molar-refractivity contribution in [3.8, 4) is 5.75 Å². The summed E-state index contributed by atoms with van der Waals surface area (Å²) in [6.07, 6.45) is 0.200. The SMILES string of the molecule is CC1Oc2ccc(NC(=O)c3c(F)cccc3Cl)cc2N(CCCN(C)C)C1=O. The monoisotopic (exact) mass is 419 g/mol. The zero-order valence-corrected chi connectivity index (χ0v) is 17.3. The van der Waals surface area contributed by atoms with E-state index in [1.54, 1.807) is 30.0 Å². The highest BCUT2D eigenvalue weighted by Gasteiger charge is 2.31. The third-order valence-electron chi connectivity index (χ3n) is 4.60. The van der Waals surface area contributed by atoms with Crippen molar-refractivity contribution in [3.05, 3.63) is 52.8 Å². The minimum Gasteiger partial charge on any atom is -0.479 e. The van der Waals surface area contributed by atoms with Gasteiger partial charge in [-0.25, -0.2) is 4.39 Å². The van der Waals surface area contributed by atoms with Crippen molar-refractivity contribution < 1.29 is 18.7 Å². The van der Waals surface area contributed by atoms with Gasteiger partial charge in [-0.3, -0.25) is 9.59 Å². The molecule has 0 fully saturated rings. The average molecular weight is 420 g/mol. The molecule has 1 atom stereocenters. The van der Waals surface area contributed by atoms with Crippen LogP contribution < -0.4 is 15.0 Å². The predicted molar refractivity (Wildman–Crippen MR) is 111 cm³/mol. The number of nitrogens with zero attached hydrogens (tertiary/aromatic N) is 2. The molecule has 154 valence electrons. The zero-order valence-electron chi connectivity index (χ0n) is 16.5. The van der Waals surface area contributed by atoms with Crippen LogP contribution in [0.1, 0.15) is 23.7 Å². The van der Waals surface area contributed by atoms with E-state index in [0.29, 0.717) is 23.7 Å². The molecule has 1 aliphatic rings. The number of hydrogen-bond donors (Lipinski definition) is 1. The number of anilines is 2. The lowest BCUT2D eigenvalue weighted by molar-refractivity contribution is -0.125. The first kappa shape index (κ1) is 21.1. The number of carbonyl (C=O) groups excluding carboxylic acids is 2. The van der Waals surface area contributed by atoms with Gasteiger partial charge in [0, 0.05) is 12.2 Å². The van der Waals surface area contributed by atoms with Gasteiger partial charge in [0.1, 0.15) is 11.6 Å². The molecular weight excluding hydrogens is 397 g/mol. The smallest absolute Gasteiger partial charge is 0.267 e. The summed E-state index contributed by atoms with van der Waals surface area (Å²) in [5.74, 6) is -0.949.